The number of carboxylic acid groups (broad SMARTS) is 1. The molecule has 5 nitrogen and oxygen atoms in total. The lowest BCUT2D eigenvalue weighted by molar-refractivity contribution is -0.140. The molecule has 7 heteroatoms. The van der Waals surface area contributed by atoms with Gasteiger partial charge in [-0.05, 0) is 37.6 Å². The van der Waals surface area contributed by atoms with Gasteiger partial charge in [-0.25, -0.2) is 0 Å². The van der Waals surface area contributed by atoms with E-state index < -0.39 is 18.1 Å². The SMILES string of the molecule is CCCC(NC(C)C(=O)Nc1ccccc1Sc1ccccc1)C(=O)O.Cl. The Balaban J connectivity index is 0.00000364. The van der Waals surface area contributed by atoms with Crippen LogP contribution in [-0.4, -0.2) is 29.1 Å². The smallest absolute Gasteiger partial charge is 0.320 e. The highest BCUT2D eigenvalue weighted by molar-refractivity contribution is 7.99. The van der Waals surface area contributed by atoms with Crippen molar-refractivity contribution in [3.05, 3.63) is 54.6 Å². The highest BCUT2D eigenvalue weighted by atomic mass is 35.5. The molecule has 0 spiro atoms. The monoisotopic (exact) mass is 408 g/mol. The van der Waals surface area contributed by atoms with Crippen molar-refractivity contribution in [2.45, 2.75) is 48.6 Å². The number of amides is 1. The van der Waals surface area contributed by atoms with Crippen molar-refractivity contribution in [1.82, 2.24) is 5.32 Å². The van der Waals surface area contributed by atoms with Gasteiger partial charge in [-0.2, -0.15) is 0 Å². The lowest BCUT2D eigenvalue weighted by Crippen LogP contribution is -2.47. The Morgan fingerprint density at radius 1 is 1.07 bits per heavy atom. The molecule has 0 aliphatic heterocycles. The first-order valence-electron chi connectivity index (χ1n) is 8.63. The van der Waals surface area contributed by atoms with Gasteiger partial charge in [0, 0.05) is 9.79 Å². The standard InChI is InChI=1S/C20H24N2O3S.ClH/c1-3-9-17(20(24)25)21-14(2)19(23)22-16-12-7-8-13-18(16)26-15-10-5-4-6-11-15;/h4-8,10-14,17,21H,3,9H2,1-2H3,(H,22,23)(H,24,25);1H. The number of anilines is 1. The van der Waals surface area contributed by atoms with Crippen LogP contribution >= 0.6 is 24.2 Å². The number of nitrogens with one attached hydrogen (secondary N) is 2. The fourth-order valence-corrected chi connectivity index (χ4v) is 3.38. The number of benzene rings is 2. The minimum absolute atomic E-state index is 0. The van der Waals surface area contributed by atoms with E-state index in [1.165, 1.54) is 0 Å². The number of halogens is 1. The van der Waals surface area contributed by atoms with Crippen LogP contribution in [-0.2, 0) is 9.59 Å². The highest BCUT2D eigenvalue weighted by Crippen LogP contribution is 2.33. The molecule has 0 aliphatic rings. The molecule has 0 saturated heterocycles. The van der Waals surface area contributed by atoms with Crippen LogP contribution in [0.1, 0.15) is 26.7 Å². The van der Waals surface area contributed by atoms with E-state index in [1.807, 2.05) is 61.5 Å². The van der Waals surface area contributed by atoms with E-state index in [0.717, 1.165) is 16.2 Å². The van der Waals surface area contributed by atoms with Crippen molar-refractivity contribution >= 4 is 41.7 Å². The first-order valence-corrected chi connectivity index (χ1v) is 9.44. The molecular weight excluding hydrogens is 384 g/mol. The Hall–Kier alpha value is -2.02. The van der Waals surface area contributed by atoms with Crippen LogP contribution in [0, 0.1) is 0 Å². The van der Waals surface area contributed by atoms with Crippen LogP contribution < -0.4 is 10.6 Å². The van der Waals surface area contributed by atoms with Crippen LogP contribution in [0.5, 0.6) is 0 Å². The van der Waals surface area contributed by atoms with Gasteiger partial charge in [-0.15, -0.1) is 12.4 Å². The molecule has 27 heavy (non-hydrogen) atoms. The third-order valence-corrected chi connectivity index (χ3v) is 4.92. The van der Waals surface area contributed by atoms with Gasteiger partial charge in [-0.1, -0.05) is 55.4 Å². The summed E-state index contributed by atoms with van der Waals surface area (Å²) >= 11 is 1.57. The number of rotatable bonds is 9. The molecule has 2 aromatic rings. The lowest BCUT2D eigenvalue weighted by atomic mass is 10.1. The second-order valence-electron chi connectivity index (χ2n) is 5.97. The Morgan fingerprint density at radius 2 is 1.70 bits per heavy atom. The van der Waals surface area contributed by atoms with Crippen LogP contribution in [0.25, 0.3) is 0 Å². The molecule has 2 atom stereocenters. The van der Waals surface area contributed by atoms with Gasteiger partial charge >= 0.3 is 5.97 Å². The van der Waals surface area contributed by atoms with Crippen LogP contribution in [0.3, 0.4) is 0 Å². The summed E-state index contributed by atoms with van der Waals surface area (Å²) < 4.78 is 0. The number of carbonyl (C=O) groups is 2. The zero-order chi connectivity index (χ0) is 18.9. The van der Waals surface area contributed by atoms with E-state index in [2.05, 4.69) is 10.6 Å². The second-order valence-corrected chi connectivity index (χ2v) is 7.08. The zero-order valence-corrected chi connectivity index (χ0v) is 17.0. The second kappa shape index (κ2) is 11.6. The Labute approximate surface area is 170 Å². The maximum Gasteiger partial charge on any atom is 0.320 e. The average molecular weight is 409 g/mol. The molecule has 1 amide bonds. The maximum atomic E-state index is 12.5. The first-order chi connectivity index (χ1) is 12.5. The minimum atomic E-state index is -0.938. The van der Waals surface area contributed by atoms with Crippen molar-refractivity contribution < 1.29 is 14.7 Å². The maximum absolute atomic E-state index is 12.5. The molecule has 0 aliphatic carbocycles. The molecule has 2 rings (SSSR count). The molecule has 0 fully saturated rings. The van der Waals surface area contributed by atoms with Crippen LogP contribution in [0.2, 0.25) is 0 Å². The first kappa shape index (κ1) is 23.0. The van der Waals surface area contributed by atoms with E-state index in [-0.39, 0.29) is 18.3 Å². The predicted molar refractivity (Wildman–Crippen MR) is 112 cm³/mol. The summed E-state index contributed by atoms with van der Waals surface area (Å²) in [5.74, 6) is -1.19. The fourth-order valence-electron chi connectivity index (χ4n) is 2.46. The van der Waals surface area contributed by atoms with Gasteiger partial charge in [0.05, 0.1) is 11.7 Å². The highest BCUT2D eigenvalue weighted by Gasteiger charge is 2.22. The van der Waals surface area contributed by atoms with E-state index in [9.17, 15) is 14.7 Å². The number of hydrogen-bond donors (Lipinski definition) is 3. The van der Waals surface area contributed by atoms with Crippen molar-refractivity contribution in [3.63, 3.8) is 0 Å². The molecule has 0 bridgehead atoms. The largest absolute Gasteiger partial charge is 0.480 e. The third kappa shape index (κ3) is 7.25. The van der Waals surface area contributed by atoms with E-state index in [1.54, 1.807) is 18.7 Å². The zero-order valence-electron chi connectivity index (χ0n) is 15.3. The summed E-state index contributed by atoms with van der Waals surface area (Å²) in [6, 6.07) is 16.1. The Kier molecular flexibility index (Phi) is 9.93. The Morgan fingerprint density at radius 3 is 2.33 bits per heavy atom. The van der Waals surface area contributed by atoms with Gasteiger partial charge in [0.1, 0.15) is 6.04 Å². The molecule has 0 radical (unpaired) electrons. The summed E-state index contributed by atoms with van der Waals surface area (Å²) in [5, 5.41) is 15.0. The molecule has 0 aromatic heterocycles. The van der Waals surface area contributed by atoms with Crippen LogP contribution in [0.15, 0.2) is 64.4 Å². The summed E-state index contributed by atoms with van der Waals surface area (Å²) in [5.41, 5.74) is 0.711. The van der Waals surface area contributed by atoms with Crippen molar-refractivity contribution in [2.75, 3.05) is 5.32 Å². The molecule has 2 aromatic carbocycles. The van der Waals surface area contributed by atoms with Crippen molar-refractivity contribution in [2.24, 2.45) is 0 Å². The van der Waals surface area contributed by atoms with Gasteiger partial charge in [-0.3, -0.25) is 14.9 Å². The molecule has 146 valence electrons. The number of hydrogen-bond acceptors (Lipinski definition) is 4. The minimum Gasteiger partial charge on any atom is -0.480 e. The van der Waals surface area contributed by atoms with Gasteiger partial charge in [0.15, 0.2) is 0 Å². The van der Waals surface area contributed by atoms with Gasteiger partial charge < -0.3 is 10.4 Å². The Bertz CT molecular complexity index is 743. The van der Waals surface area contributed by atoms with E-state index >= 15 is 0 Å². The molecular formula is C20H25ClN2O3S. The molecule has 0 saturated carbocycles. The normalized spacial score (nSPS) is 12.5. The van der Waals surface area contributed by atoms with Crippen molar-refractivity contribution in [1.29, 1.82) is 0 Å². The van der Waals surface area contributed by atoms with Gasteiger partial charge in [0.2, 0.25) is 5.91 Å². The molecule has 2 unspecified atom stereocenters. The van der Waals surface area contributed by atoms with Gasteiger partial charge in [0.25, 0.3) is 0 Å². The number of aliphatic carboxylic acids is 1. The van der Waals surface area contributed by atoms with E-state index in [4.69, 9.17) is 0 Å². The van der Waals surface area contributed by atoms with E-state index in [0.29, 0.717) is 12.1 Å². The number of para-hydroxylation sites is 1. The average Bonchev–Trinajstić information content (AvgIpc) is 2.63. The number of carboxylic acids is 1. The molecule has 0 heterocycles. The summed E-state index contributed by atoms with van der Waals surface area (Å²) in [6.07, 6.45) is 1.21. The lowest BCUT2D eigenvalue weighted by Gasteiger charge is -2.20. The number of carbonyl (C=O) groups excluding carboxylic acids is 1. The molecule has 3 N–H and O–H groups in total. The quantitative estimate of drug-likeness (QED) is 0.572. The summed E-state index contributed by atoms with van der Waals surface area (Å²) in [6.45, 7) is 3.59. The fraction of sp³-hybridized carbons (Fsp3) is 0.300. The third-order valence-electron chi connectivity index (χ3n) is 3.84. The van der Waals surface area contributed by atoms with Crippen LogP contribution in [0.4, 0.5) is 5.69 Å². The topological polar surface area (TPSA) is 78.4 Å². The van der Waals surface area contributed by atoms with Crippen molar-refractivity contribution in [3.8, 4) is 0 Å². The summed E-state index contributed by atoms with van der Waals surface area (Å²) in [4.78, 5) is 25.8. The summed E-state index contributed by atoms with van der Waals surface area (Å²) in [7, 11) is 0. The predicted octanol–water partition coefficient (Wildman–Crippen LogP) is 4.43.